The molecule has 0 atom stereocenters. The number of ether oxygens (including phenoxy) is 1. The van der Waals surface area contributed by atoms with Crippen molar-refractivity contribution in [2.24, 2.45) is 5.41 Å². The van der Waals surface area contributed by atoms with Crippen molar-refractivity contribution in [3.8, 4) is 5.75 Å². The molecule has 3 aliphatic rings. The zero-order chi connectivity index (χ0) is 19.2. The number of nitrogens with zero attached hydrogens (tertiary/aromatic N) is 1. The molecular formula is C19H18ClFN2O4. The van der Waals surface area contributed by atoms with Crippen LogP contribution in [0.5, 0.6) is 5.75 Å². The van der Waals surface area contributed by atoms with Crippen LogP contribution >= 0.6 is 11.6 Å². The average molecular weight is 393 g/mol. The first-order valence-corrected chi connectivity index (χ1v) is 9.01. The van der Waals surface area contributed by atoms with Gasteiger partial charge in [-0.1, -0.05) is 11.6 Å². The minimum Gasteiger partial charge on any atom is -0.484 e. The molecule has 3 aliphatic carbocycles. The summed E-state index contributed by atoms with van der Waals surface area (Å²) in [6.45, 7) is 1.54. The van der Waals surface area contributed by atoms with Crippen LogP contribution in [0.3, 0.4) is 0 Å². The van der Waals surface area contributed by atoms with Crippen molar-refractivity contribution in [3.63, 3.8) is 0 Å². The molecular weight excluding hydrogens is 375 g/mol. The maximum Gasteiger partial charge on any atom is 0.263 e. The van der Waals surface area contributed by atoms with E-state index in [1.165, 1.54) is 18.3 Å². The number of aromatic nitrogens is 1. The molecule has 0 spiro atoms. The summed E-state index contributed by atoms with van der Waals surface area (Å²) < 4.78 is 23.9. The molecule has 6 nitrogen and oxygen atoms in total. The summed E-state index contributed by atoms with van der Waals surface area (Å²) in [6.07, 6.45) is 4.18. The molecule has 0 radical (unpaired) electrons. The lowest BCUT2D eigenvalue weighted by Crippen LogP contribution is -2.75. The van der Waals surface area contributed by atoms with E-state index in [0.717, 1.165) is 25.3 Å². The normalized spacial score (nSPS) is 25.3. The first-order valence-electron chi connectivity index (χ1n) is 8.63. The Morgan fingerprint density at radius 1 is 1.37 bits per heavy atom. The van der Waals surface area contributed by atoms with Crippen molar-refractivity contribution < 1.29 is 23.1 Å². The third kappa shape index (κ3) is 3.43. The maximum absolute atomic E-state index is 13.4. The molecule has 5 rings (SSSR count). The number of ketones is 1. The Morgan fingerprint density at radius 2 is 2.11 bits per heavy atom. The van der Waals surface area contributed by atoms with Crippen LogP contribution in [0.25, 0.3) is 0 Å². The topological polar surface area (TPSA) is 81.4 Å². The molecule has 27 heavy (non-hydrogen) atoms. The Kier molecular flexibility index (Phi) is 4.22. The largest absolute Gasteiger partial charge is 0.484 e. The third-order valence-electron chi connectivity index (χ3n) is 5.20. The molecule has 3 fully saturated rings. The Hall–Kier alpha value is -2.41. The number of Topliss-reactive ketones (excluding diaryl/α,β-unsaturated/α-hetero) is 1. The average Bonchev–Trinajstić information content (AvgIpc) is 2.99. The molecule has 1 N–H and O–H groups in total. The molecule has 3 saturated carbocycles. The second kappa shape index (κ2) is 6.34. The van der Waals surface area contributed by atoms with Crippen LogP contribution in [0.15, 0.2) is 28.8 Å². The highest BCUT2D eigenvalue weighted by Crippen LogP contribution is 2.69. The SMILES string of the molecule is Cc1cnc(C(=O)CC23CC(NC(=O)COc4ccc(Cl)c(F)c4)(C2)C3)o1. The van der Waals surface area contributed by atoms with Crippen molar-refractivity contribution in [3.05, 3.63) is 46.9 Å². The molecule has 0 aliphatic heterocycles. The highest BCUT2D eigenvalue weighted by atomic mass is 35.5. The van der Waals surface area contributed by atoms with Crippen LogP contribution in [0.1, 0.15) is 42.1 Å². The van der Waals surface area contributed by atoms with Gasteiger partial charge < -0.3 is 14.5 Å². The monoisotopic (exact) mass is 392 g/mol. The predicted molar refractivity (Wildman–Crippen MR) is 94.3 cm³/mol. The molecule has 1 aromatic carbocycles. The van der Waals surface area contributed by atoms with Crippen molar-refractivity contribution in [2.45, 2.75) is 38.1 Å². The van der Waals surface area contributed by atoms with E-state index in [0.29, 0.717) is 12.2 Å². The standard InChI is InChI=1S/C19H18ClFN2O4/c1-11-6-22-17(27-11)15(24)5-18-8-19(9-18,10-18)23-16(25)7-26-12-2-3-13(20)14(21)4-12/h2-4,6H,5,7-10H2,1H3,(H,23,25). The fourth-order valence-electron chi connectivity index (χ4n) is 4.27. The van der Waals surface area contributed by atoms with Crippen LogP contribution in [0.4, 0.5) is 4.39 Å². The molecule has 142 valence electrons. The molecule has 1 heterocycles. The molecule has 2 aromatic rings. The second-order valence-electron chi connectivity index (χ2n) is 7.60. The van der Waals surface area contributed by atoms with Crippen molar-refractivity contribution in [2.75, 3.05) is 6.61 Å². The first kappa shape index (κ1) is 18.0. The number of rotatable bonds is 7. The van der Waals surface area contributed by atoms with Gasteiger partial charge in [-0.25, -0.2) is 9.37 Å². The molecule has 2 bridgehead atoms. The van der Waals surface area contributed by atoms with E-state index >= 15 is 0 Å². The van der Waals surface area contributed by atoms with Crippen LogP contribution in [-0.4, -0.2) is 28.8 Å². The number of carbonyl (C=O) groups is 2. The van der Waals surface area contributed by atoms with Crippen LogP contribution in [0.2, 0.25) is 5.02 Å². The third-order valence-corrected chi connectivity index (χ3v) is 5.51. The van der Waals surface area contributed by atoms with Gasteiger partial charge in [0.15, 0.2) is 6.61 Å². The van der Waals surface area contributed by atoms with Gasteiger partial charge in [0.1, 0.15) is 17.3 Å². The zero-order valence-electron chi connectivity index (χ0n) is 14.7. The number of nitrogens with one attached hydrogen (secondary N) is 1. The van der Waals surface area contributed by atoms with E-state index in [1.54, 1.807) is 6.92 Å². The van der Waals surface area contributed by atoms with Gasteiger partial charge in [-0.05, 0) is 43.7 Å². The van der Waals surface area contributed by atoms with Gasteiger partial charge in [-0.2, -0.15) is 0 Å². The summed E-state index contributed by atoms with van der Waals surface area (Å²) in [5.74, 6) is 0.0399. The lowest BCUT2D eigenvalue weighted by atomic mass is 9.38. The highest BCUT2D eigenvalue weighted by Gasteiger charge is 2.68. The van der Waals surface area contributed by atoms with Crippen LogP contribution in [0, 0.1) is 18.2 Å². The van der Waals surface area contributed by atoms with Crippen molar-refractivity contribution in [1.29, 1.82) is 0 Å². The smallest absolute Gasteiger partial charge is 0.263 e. The lowest BCUT2D eigenvalue weighted by Gasteiger charge is -2.70. The van der Waals surface area contributed by atoms with E-state index in [4.69, 9.17) is 20.8 Å². The number of hydrogen-bond acceptors (Lipinski definition) is 5. The minimum absolute atomic E-state index is 0.000391. The number of aryl methyl sites for hydroxylation is 1. The van der Waals surface area contributed by atoms with E-state index in [1.807, 2.05) is 0 Å². The van der Waals surface area contributed by atoms with Gasteiger partial charge in [0.2, 0.25) is 5.78 Å². The maximum atomic E-state index is 13.4. The Balaban J connectivity index is 1.23. The molecule has 1 aromatic heterocycles. The van der Waals surface area contributed by atoms with Gasteiger partial charge in [0, 0.05) is 18.0 Å². The fraction of sp³-hybridized carbons (Fsp3) is 0.421. The summed E-state index contributed by atoms with van der Waals surface area (Å²) in [7, 11) is 0. The Labute approximate surface area is 160 Å². The second-order valence-corrected chi connectivity index (χ2v) is 8.01. The van der Waals surface area contributed by atoms with Crippen molar-refractivity contribution in [1.82, 2.24) is 10.3 Å². The van der Waals surface area contributed by atoms with Crippen LogP contribution < -0.4 is 10.1 Å². The van der Waals surface area contributed by atoms with Gasteiger partial charge in [-0.3, -0.25) is 9.59 Å². The Bertz CT molecular complexity index is 906. The quantitative estimate of drug-likeness (QED) is 0.730. The summed E-state index contributed by atoms with van der Waals surface area (Å²) >= 11 is 5.61. The van der Waals surface area contributed by atoms with E-state index < -0.39 is 5.82 Å². The van der Waals surface area contributed by atoms with E-state index in [-0.39, 0.29) is 45.9 Å². The van der Waals surface area contributed by atoms with Crippen molar-refractivity contribution >= 4 is 23.3 Å². The van der Waals surface area contributed by atoms with E-state index in [2.05, 4.69) is 10.3 Å². The summed E-state index contributed by atoms with van der Waals surface area (Å²) in [5.41, 5.74) is -0.314. The van der Waals surface area contributed by atoms with Crippen LogP contribution in [-0.2, 0) is 4.79 Å². The first-order chi connectivity index (χ1) is 12.8. The fourth-order valence-corrected chi connectivity index (χ4v) is 4.38. The summed E-state index contributed by atoms with van der Waals surface area (Å²) in [6, 6.07) is 4.02. The molecule has 8 heteroatoms. The molecule has 1 amide bonds. The number of amides is 1. The number of halogens is 2. The highest BCUT2D eigenvalue weighted by molar-refractivity contribution is 6.30. The van der Waals surface area contributed by atoms with Gasteiger partial charge >= 0.3 is 0 Å². The minimum atomic E-state index is -0.596. The van der Waals surface area contributed by atoms with Gasteiger partial charge in [0.05, 0.1) is 11.2 Å². The van der Waals surface area contributed by atoms with E-state index in [9.17, 15) is 14.0 Å². The number of benzene rings is 1. The van der Waals surface area contributed by atoms with Gasteiger partial charge in [-0.15, -0.1) is 0 Å². The lowest BCUT2D eigenvalue weighted by molar-refractivity contribution is -0.164. The molecule has 0 saturated heterocycles. The number of carbonyl (C=O) groups excluding carboxylic acids is 2. The number of hydrogen-bond donors (Lipinski definition) is 1. The van der Waals surface area contributed by atoms with Gasteiger partial charge in [0.25, 0.3) is 11.8 Å². The predicted octanol–water partition coefficient (Wildman–Crippen LogP) is 3.47. The number of oxazole rings is 1. The summed E-state index contributed by atoms with van der Waals surface area (Å²) in [4.78, 5) is 28.3. The summed E-state index contributed by atoms with van der Waals surface area (Å²) in [5, 5.41) is 2.96. The zero-order valence-corrected chi connectivity index (χ0v) is 15.4. The molecule has 0 unspecified atom stereocenters. The Morgan fingerprint density at radius 3 is 2.74 bits per heavy atom.